The molecule has 3 aromatic rings. The minimum atomic E-state index is -0.442. The van der Waals surface area contributed by atoms with E-state index in [0.29, 0.717) is 12.3 Å². The molecule has 1 aromatic carbocycles. The fourth-order valence-corrected chi connectivity index (χ4v) is 4.84. The number of hydrogen-bond acceptors (Lipinski definition) is 4. The van der Waals surface area contributed by atoms with Crippen molar-refractivity contribution < 1.29 is 4.79 Å². The standard InChI is InChI=1S/C24H27N5O/c1-24(23(30)27-21-15-26-14-19(21)16-5-3-2-4-6-16)10-7-20-18(13-24)22(29-28-20)17-8-11-25-12-9-17/h2-6,8-9,11-12,19,21,26H,7,10,13-15H2,1H3,(H,27,30)(H,28,29)/t19-,21+,24?/m0/s1. The second kappa shape index (κ2) is 7.69. The Balaban J connectivity index is 1.35. The number of aryl methyl sites for hydroxylation is 1. The molecular weight excluding hydrogens is 374 g/mol. The number of benzene rings is 1. The summed E-state index contributed by atoms with van der Waals surface area (Å²) in [7, 11) is 0. The molecule has 0 radical (unpaired) electrons. The van der Waals surface area contributed by atoms with Crippen molar-refractivity contribution in [2.24, 2.45) is 5.41 Å². The highest BCUT2D eigenvalue weighted by Crippen LogP contribution is 2.39. The fraction of sp³-hybridized carbons (Fsp3) is 0.375. The lowest BCUT2D eigenvalue weighted by atomic mass is 9.73. The molecule has 0 spiro atoms. The lowest BCUT2D eigenvalue weighted by molar-refractivity contribution is -0.131. The topological polar surface area (TPSA) is 82.7 Å². The maximum absolute atomic E-state index is 13.5. The quantitative estimate of drug-likeness (QED) is 0.628. The molecule has 3 heterocycles. The van der Waals surface area contributed by atoms with Crippen molar-refractivity contribution in [2.75, 3.05) is 13.1 Å². The average molecular weight is 402 g/mol. The molecule has 5 rings (SSSR count). The number of amides is 1. The highest BCUT2D eigenvalue weighted by Gasteiger charge is 2.41. The van der Waals surface area contributed by atoms with E-state index in [4.69, 9.17) is 0 Å². The van der Waals surface area contributed by atoms with Gasteiger partial charge in [-0.05, 0) is 37.0 Å². The second-order valence-corrected chi connectivity index (χ2v) is 8.76. The van der Waals surface area contributed by atoms with E-state index >= 15 is 0 Å². The SMILES string of the molecule is CC1(C(=O)N[C@@H]2CNC[C@H]2c2ccccc2)CCc2[nH]nc(-c3ccncc3)c2C1. The van der Waals surface area contributed by atoms with E-state index in [2.05, 4.69) is 57.0 Å². The lowest BCUT2D eigenvalue weighted by Gasteiger charge is -2.34. The van der Waals surface area contributed by atoms with Gasteiger partial charge in [-0.1, -0.05) is 37.3 Å². The smallest absolute Gasteiger partial charge is 0.226 e. The lowest BCUT2D eigenvalue weighted by Crippen LogP contribution is -2.48. The molecule has 3 N–H and O–H groups in total. The van der Waals surface area contributed by atoms with Crippen molar-refractivity contribution >= 4 is 5.91 Å². The first kappa shape index (κ1) is 19.0. The Labute approximate surface area is 176 Å². The fourth-order valence-electron chi connectivity index (χ4n) is 4.84. The number of carbonyl (C=O) groups is 1. The highest BCUT2D eigenvalue weighted by molar-refractivity contribution is 5.84. The zero-order chi connectivity index (χ0) is 20.6. The van der Waals surface area contributed by atoms with Crippen molar-refractivity contribution in [3.63, 3.8) is 0 Å². The summed E-state index contributed by atoms with van der Waals surface area (Å²) in [5, 5.41) is 14.6. The van der Waals surface area contributed by atoms with E-state index in [1.165, 1.54) is 5.56 Å². The van der Waals surface area contributed by atoms with Gasteiger partial charge in [-0.2, -0.15) is 5.10 Å². The van der Waals surface area contributed by atoms with E-state index in [0.717, 1.165) is 48.4 Å². The zero-order valence-electron chi connectivity index (χ0n) is 17.2. The molecule has 1 fully saturated rings. The van der Waals surface area contributed by atoms with Gasteiger partial charge in [0.25, 0.3) is 0 Å². The van der Waals surface area contributed by atoms with Gasteiger partial charge in [0.2, 0.25) is 5.91 Å². The van der Waals surface area contributed by atoms with Crippen LogP contribution in [-0.4, -0.2) is 40.2 Å². The van der Waals surface area contributed by atoms with Gasteiger partial charge >= 0.3 is 0 Å². The Hall–Kier alpha value is -2.99. The minimum absolute atomic E-state index is 0.113. The molecule has 6 nitrogen and oxygen atoms in total. The molecule has 1 aliphatic heterocycles. The van der Waals surface area contributed by atoms with E-state index in [1.54, 1.807) is 12.4 Å². The van der Waals surface area contributed by atoms with Crippen LogP contribution in [0.2, 0.25) is 0 Å². The number of nitrogens with one attached hydrogen (secondary N) is 3. The van der Waals surface area contributed by atoms with Gasteiger partial charge in [0.05, 0.1) is 11.1 Å². The summed E-state index contributed by atoms with van der Waals surface area (Å²) >= 11 is 0. The molecule has 6 heteroatoms. The Morgan fingerprint density at radius 1 is 1.13 bits per heavy atom. The summed E-state index contributed by atoms with van der Waals surface area (Å²) in [4.78, 5) is 17.6. The van der Waals surface area contributed by atoms with Crippen LogP contribution in [0.4, 0.5) is 0 Å². The van der Waals surface area contributed by atoms with Crippen molar-refractivity contribution in [3.8, 4) is 11.3 Å². The molecular formula is C24H27N5O. The Morgan fingerprint density at radius 2 is 1.93 bits per heavy atom. The maximum atomic E-state index is 13.5. The normalized spacial score (nSPS) is 25.6. The molecule has 1 amide bonds. The number of carbonyl (C=O) groups excluding carboxylic acids is 1. The molecule has 30 heavy (non-hydrogen) atoms. The van der Waals surface area contributed by atoms with Gasteiger partial charge in [-0.15, -0.1) is 0 Å². The summed E-state index contributed by atoms with van der Waals surface area (Å²) in [5.74, 6) is 0.448. The average Bonchev–Trinajstić information content (AvgIpc) is 3.41. The van der Waals surface area contributed by atoms with Crippen molar-refractivity contribution in [1.29, 1.82) is 0 Å². The van der Waals surface area contributed by atoms with Crippen LogP contribution >= 0.6 is 0 Å². The summed E-state index contributed by atoms with van der Waals surface area (Å²) in [6.45, 7) is 3.79. The summed E-state index contributed by atoms with van der Waals surface area (Å²) < 4.78 is 0. The Morgan fingerprint density at radius 3 is 2.73 bits per heavy atom. The molecule has 2 aromatic heterocycles. The predicted molar refractivity (Wildman–Crippen MR) is 116 cm³/mol. The summed E-state index contributed by atoms with van der Waals surface area (Å²) in [6, 6.07) is 14.5. The minimum Gasteiger partial charge on any atom is -0.351 e. The molecule has 154 valence electrons. The molecule has 0 bridgehead atoms. The van der Waals surface area contributed by atoms with E-state index in [1.807, 2.05) is 18.2 Å². The van der Waals surface area contributed by atoms with Crippen LogP contribution in [0.15, 0.2) is 54.9 Å². The number of hydrogen-bond donors (Lipinski definition) is 3. The molecule has 3 atom stereocenters. The molecule has 0 saturated carbocycles. The molecule has 1 unspecified atom stereocenters. The van der Waals surface area contributed by atoms with Crippen LogP contribution in [0, 0.1) is 5.41 Å². The summed E-state index contributed by atoms with van der Waals surface area (Å²) in [6.07, 6.45) is 5.91. The highest BCUT2D eigenvalue weighted by atomic mass is 16.2. The Kier molecular flexibility index (Phi) is 4.87. The number of aromatic amines is 1. The molecule has 1 aliphatic carbocycles. The number of aromatic nitrogens is 3. The summed E-state index contributed by atoms with van der Waals surface area (Å²) in [5.41, 5.74) is 5.12. The second-order valence-electron chi connectivity index (χ2n) is 8.76. The van der Waals surface area contributed by atoms with Crippen LogP contribution in [0.25, 0.3) is 11.3 Å². The van der Waals surface area contributed by atoms with Gasteiger partial charge in [0.15, 0.2) is 0 Å². The van der Waals surface area contributed by atoms with E-state index in [9.17, 15) is 4.79 Å². The van der Waals surface area contributed by atoms with Crippen LogP contribution in [0.1, 0.15) is 36.1 Å². The monoisotopic (exact) mass is 401 g/mol. The van der Waals surface area contributed by atoms with Gasteiger partial charge < -0.3 is 10.6 Å². The third-order valence-electron chi connectivity index (χ3n) is 6.71. The van der Waals surface area contributed by atoms with E-state index in [-0.39, 0.29) is 11.9 Å². The Bertz CT molecular complexity index is 1030. The first-order valence-electron chi connectivity index (χ1n) is 10.7. The van der Waals surface area contributed by atoms with Gasteiger partial charge in [-0.3, -0.25) is 14.9 Å². The largest absolute Gasteiger partial charge is 0.351 e. The number of pyridine rings is 1. The van der Waals surface area contributed by atoms with Crippen LogP contribution in [0.3, 0.4) is 0 Å². The number of H-pyrrole nitrogens is 1. The zero-order valence-corrected chi connectivity index (χ0v) is 17.2. The number of nitrogens with zero attached hydrogens (tertiary/aromatic N) is 2. The van der Waals surface area contributed by atoms with Crippen molar-refractivity contribution in [1.82, 2.24) is 25.8 Å². The van der Waals surface area contributed by atoms with Crippen LogP contribution < -0.4 is 10.6 Å². The van der Waals surface area contributed by atoms with Crippen molar-refractivity contribution in [3.05, 3.63) is 71.7 Å². The van der Waals surface area contributed by atoms with E-state index < -0.39 is 5.41 Å². The molecule has 1 saturated heterocycles. The van der Waals surface area contributed by atoms with Crippen molar-refractivity contribution in [2.45, 2.75) is 38.1 Å². The molecule has 2 aliphatic rings. The number of rotatable bonds is 4. The van der Waals surface area contributed by atoms with Gasteiger partial charge in [0, 0.05) is 54.3 Å². The first-order chi connectivity index (χ1) is 14.6. The maximum Gasteiger partial charge on any atom is 0.226 e. The van der Waals surface area contributed by atoms with Gasteiger partial charge in [-0.25, -0.2) is 0 Å². The van der Waals surface area contributed by atoms with Crippen LogP contribution in [0.5, 0.6) is 0 Å². The number of fused-ring (bicyclic) bond motifs is 1. The van der Waals surface area contributed by atoms with Crippen LogP contribution in [-0.2, 0) is 17.6 Å². The predicted octanol–water partition coefficient (Wildman–Crippen LogP) is 2.84. The third-order valence-corrected chi connectivity index (χ3v) is 6.71. The first-order valence-corrected chi connectivity index (χ1v) is 10.7. The third kappa shape index (κ3) is 3.41. The van der Waals surface area contributed by atoms with Gasteiger partial charge in [0.1, 0.15) is 0 Å².